The molecule has 5 N–H and O–H groups in total. The van der Waals surface area contributed by atoms with E-state index in [1.165, 1.54) is 0 Å². The van der Waals surface area contributed by atoms with E-state index in [1.54, 1.807) is 0 Å². The summed E-state index contributed by atoms with van der Waals surface area (Å²) in [5.41, 5.74) is 1.69. The van der Waals surface area contributed by atoms with Crippen molar-refractivity contribution < 1.29 is 47.1 Å². The quantitative estimate of drug-likeness (QED) is 0.164. The highest BCUT2D eigenvalue weighted by atomic mass is 32.2. The standard InChI is InChI=1S/C11H15NO10S/c1-3-4-11(5-6(12)13,23(19,20)21)9(18)22-10(2,7(14)15)8(16)17/h3H,1,4-5H2,2H3,(H2,12,13)(H,14,15)(H,16,17)(H,19,20,21). The number of aliphatic carboxylic acids is 2. The second kappa shape index (κ2) is 6.75. The van der Waals surface area contributed by atoms with Gasteiger partial charge in [0.15, 0.2) is 0 Å². The van der Waals surface area contributed by atoms with Crippen LogP contribution in [0, 0.1) is 0 Å². The maximum atomic E-state index is 12.1. The summed E-state index contributed by atoms with van der Waals surface area (Å²) in [6, 6.07) is 0. The molecule has 0 spiro atoms. The highest BCUT2D eigenvalue weighted by Gasteiger charge is 2.56. The Morgan fingerprint density at radius 2 is 1.65 bits per heavy atom. The number of hydrogen-bond donors (Lipinski definition) is 4. The molecule has 0 aromatic carbocycles. The van der Waals surface area contributed by atoms with Crippen LogP contribution in [0.3, 0.4) is 0 Å². The Morgan fingerprint density at radius 1 is 1.22 bits per heavy atom. The number of primary amides is 1. The van der Waals surface area contributed by atoms with Crippen LogP contribution in [0.5, 0.6) is 0 Å². The fourth-order valence-corrected chi connectivity index (χ4v) is 2.41. The Morgan fingerprint density at radius 3 is 1.91 bits per heavy atom. The van der Waals surface area contributed by atoms with Gasteiger partial charge in [-0.15, -0.1) is 6.58 Å². The normalized spacial score (nSPS) is 14.3. The van der Waals surface area contributed by atoms with Gasteiger partial charge in [-0.3, -0.25) is 14.1 Å². The van der Waals surface area contributed by atoms with Crippen LogP contribution >= 0.6 is 0 Å². The molecule has 0 radical (unpaired) electrons. The minimum atomic E-state index is -5.34. The van der Waals surface area contributed by atoms with Gasteiger partial charge in [-0.05, 0) is 13.3 Å². The van der Waals surface area contributed by atoms with Crippen molar-refractivity contribution in [2.45, 2.75) is 30.1 Å². The summed E-state index contributed by atoms with van der Waals surface area (Å²) in [6.07, 6.45) is -1.31. The smallest absolute Gasteiger partial charge is 0.359 e. The van der Waals surface area contributed by atoms with Crippen LogP contribution in [0.2, 0.25) is 0 Å². The van der Waals surface area contributed by atoms with Gasteiger partial charge in [-0.25, -0.2) is 9.59 Å². The zero-order valence-corrected chi connectivity index (χ0v) is 12.7. The number of ether oxygens (including phenoxy) is 1. The van der Waals surface area contributed by atoms with Crippen LogP contribution in [-0.2, 0) is 34.0 Å². The molecule has 0 saturated heterocycles. The van der Waals surface area contributed by atoms with Crippen LogP contribution in [0.4, 0.5) is 0 Å². The Labute approximate surface area is 130 Å². The molecule has 23 heavy (non-hydrogen) atoms. The average Bonchev–Trinajstić information content (AvgIpc) is 2.35. The van der Waals surface area contributed by atoms with E-state index in [-0.39, 0.29) is 0 Å². The van der Waals surface area contributed by atoms with Crippen molar-refractivity contribution in [1.29, 1.82) is 0 Å². The number of esters is 1. The molecule has 0 aliphatic rings. The first kappa shape index (κ1) is 20.5. The Hall–Kier alpha value is -2.47. The summed E-state index contributed by atoms with van der Waals surface area (Å²) in [5, 5.41) is 17.7. The monoisotopic (exact) mass is 353 g/mol. The predicted octanol–water partition coefficient (Wildman–Crippen LogP) is -1.46. The first-order chi connectivity index (χ1) is 10.2. The first-order valence-electron chi connectivity index (χ1n) is 5.81. The molecule has 1 amide bonds. The second-order valence-corrected chi connectivity index (χ2v) is 6.37. The van der Waals surface area contributed by atoms with Gasteiger partial charge in [0.05, 0.1) is 6.42 Å². The number of carboxylic acid groups (broad SMARTS) is 2. The van der Waals surface area contributed by atoms with E-state index in [0.29, 0.717) is 6.92 Å². The molecule has 0 aromatic rings. The summed E-state index contributed by atoms with van der Waals surface area (Å²) in [5.74, 6) is -7.53. The molecule has 0 fully saturated rings. The lowest BCUT2D eigenvalue weighted by Gasteiger charge is -2.29. The lowest BCUT2D eigenvalue weighted by atomic mass is 9.99. The van der Waals surface area contributed by atoms with E-state index in [4.69, 9.17) is 15.9 Å². The fourth-order valence-electron chi connectivity index (χ4n) is 1.50. The molecular weight excluding hydrogens is 338 g/mol. The zero-order chi connectivity index (χ0) is 18.6. The third-order valence-corrected chi connectivity index (χ3v) is 4.38. The Balaban J connectivity index is 6.16. The number of hydrogen-bond acceptors (Lipinski definition) is 7. The first-order valence-corrected chi connectivity index (χ1v) is 7.25. The van der Waals surface area contributed by atoms with E-state index in [9.17, 15) is 32.1 Å². The van der Waals surface area contributed by atoms with Gasteiger partial charge in [0.2, 0.25) is 10.7 Å². The fraction of sp³-hybridized carbons (Fsp3) is 0.455. The number of carbonyl (C=O) groups excluding carboxylic acids is 2. The van der Waals surface area contributed by atoms with Crippen LogP contribution in [0.25, 0.3) is 0 Å². The van der Waals surface area contributed by atoms with E-state index in [0.717, 1.165) is 6.08 Å². The Bertz CT molecular complexity index is 638. The number of carboxylic acids is 2. The van der Waals surface area contributed by atoms with Crippen molar-refractivity contribution in [3.63, 3.8) is 0 Å². The topological polar surface area (TPSA) is 198 Å². The van der Waals surface area contributed by atoms with Crippen molar-refractivity contribution in [2.24, 2.45) is 5.73 Å². The molecule has 130 valence electrons. The molecule has 12 heteroatoms. The molecule has 0 aromatic heterocycles. The van der Waals surface area contributed by atoms with Gasteiger partial charge >= 0.3 is 23.5 Å². The third-order valence-electron chi connectivity index (χ3n) is 2.91. The minimum Gasteiger partial charge on any atom is -0.478 e. The highest BCUT2D eigenvalue weighted by molar-refractivity contribution is 7.88. The van der Waals surface area contributed by atoms with Gasteiger partial charge in [0, 0.05) is 0 Å². The number of rotatable bonds is 9. The van der Waals surface area contributed by atoms with Crippen LogP contribution in [0.15, 0.2) is 12.7 Å². The SMILES string of the molecule is C=CCC(CC(N)=O)(C(=O)OC(C)(C(=O)O)C(=O)O)S(=O)(=O)O. The van der Waals surface area contributed by atoms with E-state index < -0.39 is 57.1 Å². The highest BCUT2D eigenvalue weighted by Crippen LogP contribution is 2.30. The summed E-state index contributed by atoms with van der Waals surface area (Å²) in [7, 11) is -5.34. The summed E-state index contributed by atoms with van der Waals surface area (Å²) in [4.78, 5) is 45.1. The van der Waals surface area contributed by atoms with Gasteiger partial charge in [-0.1, -0.05) is 6.08 Å². The van der Waals surface area contributed by atoms with Gasteiger partial charge in [0.1, 0.15) is 0 Å². The van der Waals surface area contributed by atoms with E-state index in [1.807, 2.05) is 0 Å². The van der Waals surface area contributed by atoms with Gasteiger partial charge in [0.25, 0.3) is 10.1 Å². The summed E-state index contributed by atoms with van der Waals surface area (Å²) in [6.45, 7) is 3.62. The van der Waals surface area contributed by atoms with Crippen molar-refractivity contribution in [2.75, 3.05) is 0 Å². The van der Waals surface area contributed by atoms with Crippen molar-refractivity contribution in [3.05, 3.63) is 12.7 Å². The lowest BCUT2D eigenvalue weighted by Crippen LogP contribution is -2.56. The van der Waals surface area contributed by atoms with Crippen molar-refractivity contribution >= 4 is 33.9 Å². The third kappa shape index (κ3) is 4.04. The average molecular weight is 353 g/mol. The largest absolute Gasteiger partial charge is 0.478 e. The minimum absolute atomic E-state index is 0.475. The molecule has 0 heterocycles. The van der Waals surface area contributed by atoms with Gasteiger partial charge < -0.3 is 20.7 Å². The lowest BCUT2D eigenvalue weighted by molar-refractivity contribution is -0.190. The number of nitrogens with two attached hydrogens (primary N) is 1. The molecule has 11 nitrogen and oxygen atoms in total. The number of allylic oxidation sites excluding steroid dienone is 1. The molecule has 0 rings (SSSR count). The van der Waals surface area contributed by atoms with Crippen molar-refractivity contribution in [3.8, 4) is 0 Å². The molecule has 1 atom stereocenters. The number of amides is 1. The van der Waals surface area contributed by atoms with Crippen LogP contribution in [-0.4, -0.2) is 57.3 Å². The summed E-state index contributed by atoms with van der Waals surface area (Å²) >= 11 is 0. The van der Waals surface area contributed by atoms with Crippen LogP contribution in [0.1, 0.15) is 19.8 Å². The molecular formula is C11H15NO10S. The second-order valence-electron chi connectivity index (χ2n) is 4.64. The number of carbonyl (C=O) groups is 4. The maximum Gasteiger partial charge on any atom is 0.359 e. The maximum absolute atomic E-state index is 12.1. The molecule has 1 unspecified atom stereocenters. The molecule has 0 aliphatic heterocycles. The Kier molecular flexibility index (Phi) is 6.02. The van der Waals surface area contributed by atoms with Gasteiger partial charge in [-0.2, -0.15) is 8.42 Å². The molecule has 0 saturated carbocycles. The van der Waals surface area contributed by atoms with E-state index >= 15 is 0 Å². The molecule has 0 aliphatic carbocycles. The predicted molar refractivity (Wildman–Crippen MR) is 72.7 cm³/mol. The van der Waals surface area contributed by atoms with Crippen LogP contribution < -0.4 is 5.73 Å². The summed E-state index contributed by atoms with van der Waals surface area (Å²) < 4.78 is 33.6. The van der Waals surface area contributed by atoms with Crippen molar-refractivity contribution in [1.82, 2.24) is 0 Å². The van der Waals surface area contributed by atoms with E-state index in [2.05, 4.69) is 11.3 Å². The zero-order valence-electron chi connectivity index (χ0n) is 11.9. The molecule has 0 bridgehead atoms.